The lowest BCUT2D eigenvalue weighted by atomic mass is 9.80. The third kappa shape index (κ3) is 4.95. The molecule has 0 aromatic carbocycles. The van der Waals surface area contributed by atoms with Gasteiger partial charge in [-0.2, -0.15) is 0 Å². The standard InChI is InChI=1S/C13H23NS/c1-4-8-15-9-7-14-13-10-11(2)5-6-12(13)3/h1,11-14H,5-10H2,2-3H3. The molecule has 15 heavy (non-hydrogen) atoms. The Morgan fingerprint density at radius 2 is 2.20 bits per heavy atom. The number of hydrogen-bond acceptors (Lipinski definition) is 2. The highest BCUT2D eigenvalue weighted by Crippen LogP contribution is 2.28. The molecule has 2 heteroatoms. The summed E-state index contributed by atoms with van der Waals surface area (Å²) in [5, 5.41) is 3.67. The fourth-order valence-electron chi connectivity index (χ4n) is 2.26. The lowest BCUT2D eigenvalue weighted by Crippen LogP contribution is -2.40. The predicted molar refractivity (Wildman–Crippen MR) is 70.1 cm³/mol. The van der Waals surface area contributed by atoms with E-state index in [4.69, 9.17) is 6.42 Å². The third-order valence-corrected chi connectivity index (χ3v) is 4.16. The van der Waals surface area contributed by atoms with Crippen LogP contribution in [-0.2, 0) is 0 Å². The van der Waals surface area contributed by atoms with Crippen molar-refractivity contribution in [3.05, 3.63) is 0 Å². The molecule has 0 heterocycles. The van der Waals surface area contributed by atoms with Crippen molar-refractivity contribution in [2.45, 2.75) is 39.2 Å². The molecule has 1 aliphatic carbocycles. The number of thioether (sulfide) groups is 1. The fraction of sp³-hybridized carbons (Fsp3) is 0.846. The molecule has 0 spiro atoms. The Hall–Kier alpha value is -0.130. The second kappa shape index (κ2) is 7.19. The molecule has 0 amide bonds. The van der Waals surface area contributed by atoms with E-state index in [1.807, 2.05) is 11.8 Å². The van der Waals surface area contributed by atoms with E-state index in [1.54, 1.807) is 0 Å². The molecule has 3 atom stereocenters. The van der Waals surface area contributed by atoms with Gasteiger partial charge in [-0.25, -0.2) is 0 Å². The van der Waals surface area contributed by atoms with Crippen LogP contribution >= 0.6 is 11.8 Å². The number of nitrogens with one attached hydrogen (secondary N) is 1. The van der Waals surface area contributed by atoms with Crippen LogP contribution in [-0.4, -0.2) is 24.1 Å². The molecular formula is C13H23NS. The molecule has 0 radical (unpaired) electrons. The second-order valence-electron chi connectivity index (χ2n) is 4.71. The van der Waals surface area contributed by atoms with Gasteiger partial charge in [-0.05, 0) is 24.7 Å². The van der Waals surface area contributed by atoms with Gasteiger partial charge in [-0.15, -0.1) is 18.2 Å². The van der Waals surface area contributed by atoms with Crippen molar-refractivity contribution in [3.63, 3.8) is 0 Å². The zero-order chi connectivity index (χ0) is 11.1. The van der Waals surface area contributed by atoms with Gasteiger partial charge in [-0.3, -0.25) is 0 Å². The summed E-state index contributed by atoms with van der Waals surface area (Å²) in [5.41, 5.74) is 0. The molecule has 1 rings (SSSR count). The van der Waals surface area contributed by atoms with Crippen LogP contribution in [0.3, 0.4) is 0 Å². The first-order chi connectivity index (χ1) is 7.24. The van der Waals surface area contributed by atoms with E-state index in [0.717, 1.165) is 35.9 Å². The normalized spacial score (nSPS) is 31.1. The molecule has 0 bridgehead atoms. The van der Waals surface area contributed by atoms with Gasteiger partial charge in [0, 0.05) is 18.3 Å². The van der Waals surface area contributed by atoms with E-state index in [2.05, 4.69) is 25.1 Å². The van der Waals surface area contributed by atoms with Crippen LogP contribution in [0.5, 0.6) is 0 Å². The van der Waals surface area contributed by atoms with Crippen LogP contribution in [0.4, 0.5) is 0 Å². The van der Waals surface area contributed by atoms with E-state index in [0.29, 0.717) is 0 Å². The van der Waals surface area contributed by atoms with Gasteiger partial charge in [-0.1, -0.05) is 26.2 Å². The van der Waals surface area contributed by atoms with E-state index in [-0.39, 0.29) is 0 Å². The number of terminal acetylenes is 1. The summed E-state index contributed by atoms with van der Waals surface area (Å²) < 4.78 is 0. The molecule has 1 saturated carbocycles. The third-order valence-electron chi connectivity index (χ3n) is 3.30. The molecule has 1 aliphatic rings. The minimum Gasteiger partial charge on any atom is -0.313 e. The quantitative estimate of drug-likeness (QED) is 0.570. The SMILES string of the molecule is C#CCSCCNC1CC(C)CCC1C. The minimum absolute atomic E-state index is 0.736. The Morgan fingerprint density at radius 1 is 1.40 bits per heavy atom. The van der Waals surface area contributed by atoms with Crippen molar-refractivity contribution in [1.82, 2.24) is 5.32 Å². The van der Waals surface area contributed by atoms with Crippen LogP contribution in [0.2, 0.25) is 0 Å². The highest BCUT2D eigenvalue weighted by molar-refractivity contribution is 7.99. The maximum absolute atomic E-state index is 5.20. The summed E-state index contributed by atoms with van der Waals surface area (Å²) in [5.74, 6) is 6.39. The summed E-state index contributed by atoms with van der Waals surface area (Å²) >= 11 is 1.85. The Kier molecular flexibility index (Phi) is 6.20. The molecule has 0 aliphatic heterocycles. The van der Waals surface area contributed by atoms with Crippen LogP contribution in [0.1, 0.15) is 33.1 Å². The Bertz CT molecular complexity index is 209. The summed E-state index contributed by atoms with van der Waals surface area (Å²) in [6.45, 7) is 5.85. The maximum atomic E-state index is 5.20. The Balaban J connectivity index is 2.11. The van der Waals surface area contributed by atoms with Gasteiger partial charge < -0.3 is 5.32 Å². The van der Waals surface area contributed by atoms with Crippen molar-refractivity contribution in [1.29, 1.82) is 0 Å². The Morgan fingerprint density at radius 3 is 2.93 bits per heavy atom. The van der Waals surface area contributed by atoms with Crippen molar-refractivity contribution < 1.29 is 0 Å². The van der Waals surface area contributed by atoms with Gasteiger partial charge in [0.25, 0.3) is 0 Å². The first-order valence-corrected chi connectivity index (χ1v) is 7.14. The van der Waals surface area contributed by atoms with Gasteiger partial charge in [0.1, 0.15) is 0 Å². The summed E-state index contributed by atoms with van der Waals surface area (Å²) in [6, 6.07) is 0.736. The van der Waals surface area contributed by atoms with Gasteiger partial charge in [0.05, 0.1) is 5.75 Å². The van der Waals surface area contributed by atoms with Crippen molar-refractivity contribution in [3.8, 4) is 12.3 Å². The molecule has 0 aromatic heterocycles. The van der Waals surface area contributed by atoms with Gasteiger partial charge in [0.15, 0.2) is 0 Å². The lowest BCUT2D eigenvalue weighted by molar-refractivity contribution is 0.232. The molecule has 0 saturated heterocycles. The predicted octanol–water partition coefficient (Wildman–Crippen LogP) is 2.77. The minimum atomic E-state index is 0.736. The smallest absolute Gasteiger partial charge is 0.0545 e. The second-order valence-corrected chi connectivity index (χ2v) is 5.82. The summed E-state index contributed by atoms with van der Waals surface area (Å²) in [4.78, 5) is 0. The fourth-order valence-corrected chi connectivity index (χ4v) is 2.79. The van der Waals surface area contributed by atoms with Crippen LogP contribution < -0.4 is 5.32 Å². The van der Waals surface area contributed by atoms with Crippen LogP contribution in [0.25, 0.3) is 0 Å². The monoisotopic (exact) mass is 225 g/mol. The Labute approximate surface area is 98.8 Å². The molecule has 3 unspecified atom stereocenters. The average molecular weight is 225 g/mol. The van der Waals surface area contributed by atoms with Crippen molar-refractivity contribution in [2.75, 3.05) is 18.1 Å². The molecule has 1 N–H and O–H groups in total. The first kappa shape index (κ1) is 12.9. The van der Waals surface area contributed by atoms with Crippen molar-refractivity contribution in [2.24, 2.45) is 11.8 Å². The van der Waals surface area contributed by atoms with Gasteiger partial charge in [0.2, 0.25) is 0 Å². The number of rotatable bonds is 5. The summed E-state index contributed by atoms with van der Waals surface area (Å²) in [6.07, 6.45) is 9.34. The molecular weight excluding hydrogens is 202 g/mol. The molecule has 86 valence electrons. The van der Waals surface area contributed by atoms with Crippen LogP contribution in [0.15, 0.2) is 0 Å². The van der Waals surface area contributed by atoms with E-state index in [1.165, 1.54) is 19.3 Å². The van der Waals surface area contributed by atoms with Crippen molar-refractivity contribution >= 4 is 11.8 Å². The first-order valence-electron chi connectivity index (χ1n) is 5.98. The van der Waals surface area contributed by atoms with Crippen LogP contribution in [0, 0.1) is 24.2 Å². The molecule has 1 nitrogen and oxygen atoms in total. The van der Waals surface area contributed by atoms with Gasteiger partial charge >= 0.3 is 0 Å². The van der Waals surface area contributed by atoms with E-state index < -0.39 is 0 Å². The molecule has 0 aromatic rings. The van der Waals surface area contributed by atoms with E-state index in [9.17, 15) is 0 Å². The highest BCUT2D eigenvalue weighted by atomic mass is 32.2. The zero-order valence-corrected chi connectivity index (χ0v) is 10.8. The average Bonchev–Trinajstić information content (AvgIpc) is 2.23. The zero-order valence-electron chi connectivity index (χ0n) is 9.96. The molecule has 1 fully saturated rings. The van der Waals surface area contributed by atoms with E-state index >= 15 is 0 Å². The summed E-state index contributed by atoms with van der Waals surface area (Å²) in [7, 11) is 0. The highest BCUT2D eigenvalue weighted by Gasteiger charge is 2.24. The number of hydrogen-bond donors (Lipinski definition) is 1. The topological polar surface area (TPSA) is 12.0 Å². The lowest BCUT2D eigenvalue weighted by Gasteiger charge is -2.33. The largest absolute Gasteiger partial charge is 0.313 e. The maximum Gasteiger partial charge on any atom is 0.0545 e.